The first-order valence-electron chi connectivity index (χ1n) is 6.90. The lowest BCUT2D eigenvalue weighted by molar-refractivity contribution is -0.131. The van der Waals surface area contributed by atoms with E-state index in [1.54, 1.807) is 11.9 Å². The first-order chi connectivity index (χ1) is 9.42. The number of ether oxygens (including phenoxy) is 1. The van der Waals surface area contributed by atoms with E-state index < -0.39 is 6.10 Å². The summed E-state index contributed by atoms with van der Waals surface area (Å²) in [4.78, 5) is 13.6. The molecular weight excluding hydrogens is 254 g/mol. The summed E-state index contributed by atoms with van der Waals surface area (Å²) in [6.07, 6.45) is 0.556. The van der Waals surface area contributed by atoms with Gasteiger partial charge in [0.15, 0.2) is 0 Å². The molecule has 1 unspecified atom stereocenters. The molecule has 112 valence electrons. The van der Waals surface area contributed by atoms with Gasteiger partial charge >= 0.3 is 0 Å². The fraction of sp³-hybridized carbons (Fsp3) is 0.562. The Bertz CT molecular complexity index is 425. The summed E-state index contributed by atoms with van der Waals surface area (Å²) in [6.45, 7) is 4.67. The monoisotopic (exact) mass is 279 g/mol. The molecular formula is C16H25NO3. The molecule has 4 nitrogen and oxygen atoms in total. The molecule has 0 spiro atoms. The van der Waals surface area contributed by atoms with E-state index in [2.05, 4.69) is 32.0 Å². The molecule has 1 N–H and O–H groups in total. The third-order valence-corrected chi connectivity index (χ3v) is 3.18. The van der Waals surface area contributed by atoms with Crippen molar-refractivity contribution in [2.24, 2.45) is 0 Å². The molecule has 1 aromatic carbocycles. The van der Waals surface area contributed by atoms with Crippen molar-refractivity contribution in [1.82, 2.24) is 4.90 Å². The number of rotatable bonds is 7. The number of methoxy groups -OCH3 is 1. The summed E-state index contributed by atoms with van der Waals surface area (Å²) < 4.78 is 4.85. The molecule has 20 heavy (non-hydrogen) atoms. The normalized spacial score (nSPS) is 12.2. The average Bonchev–Trinajstić information content (AvgIpc) is 2.34. The second kappa shape index (κ2) is 8.02. The van der Waals surface area contributed by atoms with Crippen molar-refractivity contribution >= 4 is 5.91 Å². The smallest absolute Gasteiger partial charge is 0.222 e. The van der Waals surface area contributed by atoms with E-state index in [1.165, 1.54) is 23.8 Å². The van der Waals surface area contributed by atoms with Crippen molar-refractivity contribution in [3.8, 4) is 0 Å². The largest absolute Gasteiger partial charge is 0.389 e. The summed E-state index contributed by atoms with van der Waals surface area (Å²) >= 11 is 0. The van der Waals surface area contributed by atoms with E-state index in [-0.39, 0.29) is 12.5 Å². The van der Waals surface area contributed by atoms with Gasteiger partial charge in [-0.3, -0.25) is 4.79 Å². The predicted octanol–water partition coefficient (Wildman–Crippen LogP) is 1.70. The zero-order valence-corrected chi connectivity index (χ0v) is 12.8. The zero-order valence-electron chi connectivity index (χ0n) is 12.8. The number of aliphatic hydroxyl groups is 1. The van der Waals surface area contributed by atoms with E-state index in [1.807, 2.05) is 0 Å². The van der Waals surface area contributed by atoms with Crippen LogP contribution in [0.3, 0.4) is 0 Å². The molecule has 0 heterocycles. The molecule has 1 atom stereocenters. The highest BCUT2D eigenvalue weighted by molar-refractivity contribution is 5.76. The number of aliphatic hydroxyl groups excluding tert-OH is 1. The molecule has 1 aromatic rings. The molecule has 0 bridgehead atoms. The summed E-state index contributed by atoms with van der Waals surface area (Å²) in [6, 6.07) is 6.35. The van der Waals surface area contributed by atoms with Gasteiger partial charge in [0, 0.05) is 27.1 Å². The minimum atomic E-state index is -0.629. The van der Waals surface area contributed by atoms with Crippen LogP contribution in [0.15, 0.2) is 18.2 Å². The predicted molar refractivity (Wildman–Crippen MR) is 79.8 cm³/mol. The number of amides is 1. The van der Waals surface area contributed by atoms with Crippen LogP contribution in [0.25, 0.3) is 0 Å². The quantitative estimate of drug-likeness (QED) is 0.826. The lowest BCUT2D eigenvalue weighted by atomic mass is 10.0. The van der Waals surface area contributed by atoms with Gasteiger partial charge in [-0.05, 0) is 25.8 Å². The van der Waals surface area contributed by atoms with E-state index in [0.717, 1.165) is 6.42 Å². The first kappa shape index (κ1) is 16.7. The van der Waals surface area contributed by atoms with Crippen molar-refractivity contribution in [3.63, 3.8) is 0 Å². The van der Waals surface area contributed by atoms with Gasteiger partial charge in [0.05, 0.1) is 12.7 Å². The van der Waals surface area contributed by atoms with Gasteiger partial charge in [-0.1, -0.05) is 29.3 Å². The van der Waals surface area contributed by atoms with Crippen LogP contribution in [0.4, 0.5) is 0 Å². The Labute approximate surface area is 121 Å². The third kappa shape index (κ3) is 5.72. The number of hydrogen-bond acceptors (Lipinski definition) is 3. The van der Waals surface area contributed by atoms with Gasteiger partial charge in [0.1, 0.15) is 0 Å². The van der Waals surface area contributed by atoms with Crippen molar-refractivity contribution in [2.45, 2.75) is 32.8 Å². The number of nitrogens with zero attached hydrogens (tertiary/aromatic N) is 1. The summed E-state index contributed by atoms with van der Waals surface area (Å²) in [7, 11) is 3.24. The lowest BCUT2D eigenvalue weighted by Crippen LogP contribution is -2.36. The van der Waals surface area contributed by atoms with Gasteiger partial charge in [-0.25, -0.2) is 0 Å². The first-order valence-corrected chi connectivity index (χ1v) is 6.90. The van der Waals surface area contributed by atoms with Gasteiger partial charge in [0.25, 0.3) is 0 Å². The number of hydrogen-bond donors (Lipinski definition) is 1. The van der Waals surface area contributed by atoms with Crippen LogP contribution >= 0.6 is 0 Å². The highest BCUT2D eigenvalue weighted by atomic mass is 16.5. The summed E-state index contributed by atoms with van der Waals surface area (Å²) in [5, 5.41) is 9.61. The number of carbonyl (C=O) groups is 1. The Morgan fingerprint density at radius 2 is 1.90 bits per heavy atom. The molecule has 0 fully saturated rings. The van der Waals surface area contributed by atoms with Crippen molar-refractivity contribution < 1.29 is 14.6 Å². The Balaban J connectivity index is 2.46. The molecule has 1 rings (SSSR count). The van der Waals surface area contributed by atoms with Crippen LogP contribution in [0.1, 0.15) is 23.1 Å². The second-order valence-corrected chi connectivity index (χ2v) is 5.38. The van der Waals surface area contributed by atoms with Crippen LogP contribution in [0.2, 0.25) is 0 Å². The molecule has 0 radical (unpaired) electrons. The summed E-state index contributed by atoms with van der Waals surface area (Å²) in [5.74, 6) is 0.0410. The van der Waals surface area contributed by atoms with E-state index in [0.29, 0.717) is 13.0 Å². The fourth-order valence-electron chi connectivity index (χ4n) is 2.32. The second-order valence-electron chi connectivity index (χ2n) is 5.38. The van der Waals surface area contributed by atoms with Gasteiger partial charge in [-0.2, -0.15) is 0 Å². The van der Waals surface area contributed by atoms with Crippen molar-refractivity contribution in [1.29, 1.82) is 0 Å². The minimum absolute atomic E-state index is 0.0410. The number of carbonyl (C=O) groups excluding carboxylic acids is 1. The van der Waals surface area contributed by atoms with Gasteiger partial charge in [0.2, 0.25) is 5.91 Å². The van der Waals surface area contributed by atoms with Crippen LogP contribution in [-0.4, -0.2) is 49.3 Å². The van der Waals surface area contributed by atoms with Gasteiger partial charge < -0.3 is 14.7 Å². The maximum absolute atomic E-state index is 12.0. The summed E-state index contributed by atoms with van der Waals surface area (Å²) in [5.41, 5.74) is 3.62. The molecule has 0 aliphatic rings. The van der Waals surface area contributed by atoms with E-state index in [4.69, 9.17) is 4.74 Å². The molecule has 4 heteroatoms. The Hall–Kier alpha value is -1.39. The van der Waals surface area contributed by atoms with E-state index in [9.17, 15) is 9.90 Å². The maximum atomic E-state index is 12.0. The Morgan fingerprint density at radius 3 is 2.45 bits per heavy atom. The highest BCUT2D eigenvalue weighted by Gasteiger charge is 2.13. The van der Waals surface area contributed by atoms with E-state index >= 15 is 0 Å². The lowest BCUT2D eigenvalue weighted by Gasteiger charge is -2.20. The topological polar surface area (TPSA) is 49.8 Å². The van der Waals surface area contributed by atoms with Crippen LogP contribution in [-0.2, 0) is 16.0 Å². The highest BCUT2D eigenvalue weighted by Crippen LogP contribution is 2.11. The molecule has 0 aliphatic carbocycles. The van der Waals surface area contributed by atoms with Crippen molar-refractivity contribution in [3.05, 3.63) is 34.9 Å². The average molecular weight is 279 g/mol. The number of likely N-dealkylation sites (N-methyl/N-ethyl adjacent to an activating group) is 1. The fourth-order valence-corrected chi connectivity index (χ4v) is 2.32. The molecule has 1 amide bonds. The minimum Gasteiger partial charge on any atom is -0.389 e. The Morgan fingerprint density at radius 1 is 1.30 bits per heavy atom. The number of benzene rings is 1. The SMILES string of the molecule is COCC(O)CN(C)C(=O)CCc1cc(C)cc(C)c1. The van der Waals surface area contributed by atoms with Crippen LogP contribution < -0.4 is 0 Å². The molecule has 0 saturated heterocycles. The molecule has 0 aliphatic heterocycles. The maximum Gasteiger partial charge on any atom is 0.222 e. The third-order valence-electron chi connectivity index (χ3n) is 3.18. The number of aryl methyl sites for hydroxylation is 3. The van der Waals surface area contributed by atoms with Crippen LogP contribution in [0.5, 0.6) is 0 Å². The zero-order chi connectivity index (χ0) is 15.1. The van der Waals surface area contributed by atoms with Crippen molar-refractivity contribution in [2.75, 3.05) is 27.3 Å². The van der Waals surface area contributed by atoms with Gasteiger partial charge in [-0.15, -0.1) is 0 Å². The molecule has 0 saturated carbocycles. The standard InChI is InChI=1S/C16H25NO3/c1-12-7-13(2)9-14(8-12)5-6-16(19)17(3)10-15(18)11-20-4/h7-9,15,18H,5-6,10-11H2,1-4H3. The Kier molecular flexibility index (Phi) is 6.68. The molecule has 0 aromatic heterocycles. The van der Waals surface area contributed by atoms with Crippen LogP contribution in [0, 0.1) is 13.8 Å².